The third-order valence-corrected chi connectivity index (χ3v) is 4.74. The van der Waals surface area contributed by atoms with Crippen molar-refractivity contribution in [2.24, 2.45) is 0 Å². The van der Waals surface area contributed by atoms with Gasteiger partial charge < -0.3 is 4.90 Å². The van der Waals surface area contributed by atoms with Crippen LogP contribution in [0.1, 0.15) is 6.42 Å². The number of hydrogen-bond donors (Lipinski definition) is 0. The minimum absolute atomic E-state index is 0.143. The van der Waals surface area contributed by atoms with Crippen LogP contribution in [-0.4, -0.2) is 55.8 Å². The first kappa shape index (κ1) is 12.5. The summed E-state index contributed by atoms with van der Waals surface area (Å²) in [6.07, 6.45) is 2.37. The molecule has 0 N–H and O–H groups in total. The number of hydrogen-bond acceptors (Lipinski definition) is 4. The topological polar surface area (TPSA) is 53.5 Å². The second kappa shape index (κ2) is 5.12. The van der Waals surface area contributed by atoms with Gasteiger partial charge in [0.25, 0.3) is 10.0 Å². The van der Waals surface area contributed by atoms with E-state index in [1.54, 1.807) is 18.2 Å². The number of likely N-dealkylation sites (N-methyl/N-ethyl adjacent to an activating group) is 1. The second-order valence-electron chi connectivity index (χ2n) is 4.23. The molecule has 0 spiro atoms. The quantitative estimate of drug-likeness (QED) is 0.768. The maximum Gasteiger partial charge on any atom is 0.260 e. The fraction of sp³-hybridized carbons (Fsp3) is 0.545. The van der Waals surface area contributed by atoms with E-state index in [-0.39, 0.29) is 5.03 Å². The Balaban J connectivity index is 2.21. The van der Waals surface area contributed by atoms with Gasteiger partial charge in [0.2, 0.25) is 0 Å². The molecule has 2 rings (SSSR count). The minimum atomic E-state index is -3.41. The van der Waals surface area contributed by atoms with Crippen LogP contribution in [0.15, 0.2) is 29.4 Å². The van der Waals surface area contributed by atoms with Gasteiger partial charge in [0.15, 0.2) is 5.03 Å². The molecule has 17 heavy (non-hydrogen) atoms. The van der Waals surface area contributed by atoms with Crippen molar-refractivity contribution in [2.75, 3.05) is 33.2 Å². The van der Waals surface area contributed by atoms with Crippen LogP contribution in [0.2, 0.25) is 0 Å². The van der Waals surface area contributed by atoms with Crippen molar-refractivity contribution in [1.29, 1.82) is 0 Å². The Morgan fingerprint density at radius 1 is 1.18 bits per heavy atom. The summed E-state index contributed by atoms with van der Waals surface area (Å²) in [6, 6.07) is 4.96. The van der Waals surface area contributed by atoms with Crippen LogP contribution >= 0.6 is 0 Å². The summed E-state index contributed by atoms with van der Waals surface area (Å²) in [5.41, 5.74) is 0. The smallest absolute Gasteiger partial charge is 0.260 e. The first-order valence-electron chi connectivity index (χ1n) is 5.70. The summed E-state index contributed by atoms with van der Waals surface area (Å²) in [7, 11) is -1.40. The van der Waals surface area contributed by atoms with Crippen molar-refractivity contribution < 1.29 is 8.42 Å². The van der Waals surface area contributed by atoms with Gasteiger partial charge in [-0.15, -0.1) is 0 Å². The Morgan fingerprint density at radius 2 is 2.00 bits per heavy atom. The summed E-state index contributed by atoms with van der Waals surface area (Å²) in [5, 5.41) is 0.143. The average molecular weight is 255 g/mol. The van der Waals surface area contributed by atoms with Crippen LogP contribution in [0, 0.1) is 0 Å². The van der Waals surface area contributed by atoms with Gasteiger partial charge >= 0.3 is 0 Å². The monoisotopic (exact) mass is 255 g/mol. The third-order valence-electron chi connectivity index (χ3n) is 2.92. The van der Waals surface area contributed by atoms with Crippen LogP contribution < -0.4 is 0 Å². The summed E-state index contributed by atoms with van der Waals surface area (Å²) in [4.78, 5) is 6.08. The Morgan fingerprint density at radius 3 is 2.71 bits per heavy atom. The fourth-order valence-electron chi connectivity index (χ4n) is 1.90. The zero-order valence-corrected chi connectivity index (χ0v) is 10.7. The van der Waals surface area contributed by atoms with Gasteiger partial charge in [-0.3, -0.25) is 0 Å². The molecule has 0 radical (unpaired) electrons. The molecule has 1 aliphatic heterocycles. The average Bonchev–Trinajstić information content (AvgIpc) is 2.55. The lowest BCUT2D eigenvalue weighted by Crippen LogP contribution is -2.34. The molecule has 0 atom stereocenters. The highest BCUT2D eigenvalue weighted by Gasteiger charge is 2.26. The van der Waals surface area contributed by atoms with Crippen molar-refractivity contribution in [3.8, 4) is 0 Å². The van der Waals surface area contributed by atoms with E-state index in [0.29, 0.717) is 13.1 Å². The maximum absolute atomic E-state index is 12.3. The number of nitrogens with zero attached hydrogens (tertiary/aromatic N) is 3. The van der Waals surface area contributed by atoms with E-state index in [2.05, 4.69) is 9.88 Å². The number of sulfonamides is 1. The van der Waals surface area contributed by atoms with Crippen molar-refractivity contribution in [2.45, 2.75) is 11.4 Å². The van der Waals surface area contributed by atoms with E-state index in [1.807, 2.05) is 7.05 Å². The molecule has 0 saturated carbocycles. The predicted molar refractivity (Wildman–Crippen MR) is 65.1 cm³/mol. The molecule has 0 aliphatic carbocycles. The first-order valence-corrected chi connectivity index (χ1v) is 7.14. The minimum Gasteiger partial charge on any atom is -0.305 e. The van der Waals surface area contributed by atoms with E-state index in [4.69, 9.17) is 0 Å². The van der Waals surface area contributed by atoms with Crippen LogP contribution in [-0.2, 0) is 10.0 Å². The van der Waals surface area contributed by atoms with E-state index >= 15 is 0 Å². The van der Waals surface area contributed by atoms with Gasteiger partial charge in [0, 0.05) is 25.8 Å². The Hall–Kier alpha value is -0.980. The molecule has 2 heterocycles. The molecule has 94 valence electrons. The van der Waals surface area contributed by atoms with Crippen LogP contribution in [0.5, 0.6) is 0 Å². The van der Waals surface area contributed by atoms with Crippen LogP contribution in [0.3, 0.4) is 0 Å². The van der Waals surface area contributed by atoms with Gasteiger partial charge in [0.05, 0.1) is 0 Å². The highest BCUT2D eigenvalue weighted by Crippen LogP contribution is 2.14. The van der Waals surface area contributed by atoms with Crippen molar-refractivity contribution >= 4 is 10.0 Å². The normalized spacial score (nSPS) is 20.1. The summed E-state index contributed by atoms with van der Waals surface area (Å²) >= 11 is 0. The first-order chi connectivity index (χ1) is 8.10. The zero-order valence-electron chi connectivity index (χ0n) is 9.91. The SMILES string of the molecule is CN1CCCN(S(=O)(=O)c2ccccn2)CC1. The second-order valence-corrected chi connectivity index (χ2v) is 6.11. The highest BCUT2D eigenvalue weighted by atomic mass is 32.2. The molecule has 0 amide bonds. The largest absolute Gasteiger partial charge is 0.305 e. The summed E-state index contributed by atoms with van der Waals surface area (Å²) in [5.74, 6) is 0. The fourth-order valence-corrected chi connectivity index (χ4v) is 3.30. The molecule has 6 heteroatoms. The Labute approximate surface area is 102 Å². The molecular formula is C11H17N3O2S. The molecule has 0 bridgehead atoms. The lowest BCUT2D eigenvalue weighted by atomic mass is 10.4. The number of aromatic nitrogens is 1. The van der Waals surface area contributed by atoms with Gasteiger partial charge in [0.1, 0.15) is 0 Å². The summed E-state index contributed by atoms with van der Waals surface area (Å²) in [6.45, 7) is 2.82. The Bertz CT molecular complexity index is 461. The molecule has 0 aromatic carbocycles. The van der Waals surface area contributed by atoms with Gasteiger partial charge in [-0.25, -0.2) is 13.4 Å². The van der Waals surface area contributed by atoms with Crippen LogP contribution in [0.4, 0.5) is 0 Å². The Kier molecular flexibility index (Phi) is 3.76. The van der Waals surface area contributed by atoms with E-state index in [9.17, 15) is 8.42 Å². The third kappa shape index (κ3) is 2.83. The van der Waals surface area contributed by atoms with Crippen LogP contribution in [0.25, 0.3) is 0 Å². The van der Waals surface area contributed by atoms with Gasteiger partial charge in [-0.1, -0.05) is 6.07 Å². The van der Waals surface area contributed by atoms with Gasteiger partial charge in [-0.05, 0) is 32.1 Å². The molecule has 1 aromatic rings. The number of rotatable bonds is 2. The van der Waals surface area contributed by atoms with Crippen molar-refractivity contribution in [3.63, 3.8) is 0 Å². The van der Waals surface area contributed by atoms with Gasteiger partial charge in [-0.2, -0.15) is 4.31 Å². The van der Waals surface area contributed by atoms with E-state index in [0.717, 1.165) is 19.5 Å². The summed E-state index contributed by atoms with van der Waals surface area (Å²) < 4.78 is 26.1. The van der Waals surface area contributed by atoms with Crippen molar-refractivity contribution in [3.05, 3.63) is 24.4 Å². The number of pyridine rings is 1. The lowest BCUT2D eigenvalue weighted by Gasteiger charge is -2.19. The molecule has 1 fully saturated rings. The van der Waals surface area contributed by atoms with E-state index < -0.39 is 10.0 Å². The highest BCUT2D eigenvalue weighted by molar-refractivity contribution is 7.89. The maximum atomic E-state index is 12.3. The molecule has 1 aromatic heterocycles. The standard InChI is InChI=1S/C11H17N3O2S/c1-13-7-4-8-14(10-9-13)17(15,16)11-5-2-3-6-12-11/h2-3,5-6H,4,7-10H2,1H3. The molecule has 1 saturated heterocycles. The van der Waals surface area contributed by atoms with E-state index in [1.165, 1.54) is 10.5 Å². The molecule has 5 nitrogen and oxygen atoms in total. The molecule has 1 aliphatic rings. The molecular weight excluding hydrogens is 238 g/mol. The van der Waals surface area contributed by atoms with Crippen molar-refractivity contribution in [1.82, 2.24) is 14.2 Å². The predicted octanol–water partition coefficient (Wildman–Crippen LogP) is 0.408. The zero-order chi connectivity index (χ0) is 12.3. The molecule has 0 unspecified atom stereocenters. The lowest BCUT2D eigenvalue weighted by molar-refractivity contribution is 0.347.